The first-order valence-corrected chi connectivity index (χ1v) is 5.58. The lowest BCUT2D eigenvalue weighted by atomic mass is 9.87. The Kier molecular flexibility index (Phi) is 2.72. The number of nitrogens with one attached hydrogen (secondary N) is 1. The van der Waals surface area contributed by atoms with Gasteiger partial charge in [0.1, 0.15) is 0 Å². The number of carbonyl (C=O) groups is 1. The first-order chi connectivity index (χ1) is 7.57. The average Bonchev–Trinajstić information content (AvgIpc) is 2.57. The summed E-state index contributed by atoms with van der Waals surface area (Å²) < 4.78 is 0. The molecule has 0 amide bonds. The highest BCUT2D eigenvalue weighted by molar-refractivity contribution is 5.69. The summed E-state index contributed by atoms with van der Waals surface area (Å²) in [5.41, 5.74) is 3.26. The summed E-state index contributed by atoms with van der Waals surface area (Å²) in [6.45, 7) is 2.04. The fraction of sp³-hybridized carbons (Fsp3) is 0.462. The second-order valence-corrected chi connectivity index (χ2v) is 4.56. The van der Waals surface area contributed by atoms with E-state index in [4.69, 9.17) is 5.11 Å². The Hall–Kier alpha value is -1.35. The van der Waals surface area contributed by atoms with Crippen molar-refractivity contribution in [1.29, 1.82) is 0 Å². The third-order valence-corrected chi connectivity index (χ3v) is 3.53. The van der Waals surface area contributed by atoms with Crippen LogP contribution in [0.2, 0.25) is 0 Å². The van der Waals surface area contributed by atoms with Crippen molar-refractivity contribution in [2.45, 2.75) is 31.7 Å². The molecule has 1 atom stereocenters. The molecule has 0 bridgehead atoms. The highest BCUT2D eigenvalue weighted by Crippen LogP contribution is 2.39. The fourth-order valence-corrected chi connectivity index (χ4v) is 2.63. The van der Waals surface area contributed by atoms with Crippen molar-refractivity contribution in [3.05, 3.63) is 34.9 Å². The van der Waals surface area contributed by atoms with Crippen molar-refractivity contribution in [1.82, 2.24) is 5.32 Å². The number of aryl methyl sites for hydroxylation is 2. The largest absolute Gasteiger partial charge is 0.481 e. The summed E-state index contributed by atoms with van der Waals surface area (Å²) in [6.07, 6.45) is 1.98. The average molecular weight is 219 g/mol. The normalized spacial score (nSPS) is 23.1. The topological polar surface area (TPSA) is 49.3 Å². The molecule has 1 aliphatic rings. The van der Waals surface area contributed by atoms with Gasteiger partial charge in [0.05, 0.1) is 12.0 Å². The smallest absolute Gasteiger partial charge is 0.305 e. The number of aliphatic carboxylic acids is 1. The summed E-state index contributed by atoms with van der Waals surface area (Å²) in [5, 5.41) is 12.2. The number of rotatable bonds is 3. The van der Waals surface area contributed by atoms with Crippen molar-refractivity contribution < 1.29 is 9.90 Å². The lowest BCUT2D eigenvalue weighted by molar-refractivity contribution is -0.138. The minimum atomic E-state index is -0.747. The lowest BCUT2D eigenvalue weighted by Gasteiger charge is -2.28. The van der Waals surface area contributed by atoms with Crippen molar-refractivity contribution in [2.24, 2.45) is 0 Å². The third kappa shape index (κ3) is 1.71. The molecule has 1 aromatic rings. The van der Waals surface area contributed by atoms with Gasteiger partial charge in [-0.15, -0.1) is 0 Å². The predicted octanol–water partition coefficient (Wildman–Crippen LogP) is 1.83. The molecule has 1 aliphatic carbocycles. The number of carboxylic acids is 1. The van der Waals surface area contributed by atoms with E-state index < -0.39 is 5.97 Å². The van der Waals surface area contributed by atoms with Crippen LogP contribution in [-0.2, 0) is 16.8 Å². The molecule has 0 aromatic heterocycles. The van der Waals surface area contributed by atoms with E-state index >= 15 is 0 Å². The maximum atomic E-state index is 11.0. The van der Waals surface area contributed by atoms with Crippen LogP contribution in [0.1, 0.15) is 29.5 Å². The van der Waals surface area contributed by atoms with Gasteiger partial charge in [-0.1, -0.05) is 23.8 Å². The third-order valence-electron chi connectivity index (χ3n) is 3.53. The Labute approximate surface area is 95.5 Å². The molecule has 0 saturated heterocycles. The van der Waals surface area contributed by atoms with Gasteiger partial charge in [0, 0.05) is 0 Å². The molecule has 0 spiro atoms. The second-order valence-electron chi connectivity index (χ2n) is 4.56. The Bertz CT molecular complexity index is 428. The number of hydrogen-bond acceptors (Lipinski definition) is 2. The molecular weight excluding hydrogens is 202 g/mol. The standard InChI is InChI=1S/C13H17NO2/c1-9-3-4-10-5-6-13(14-2,8-12(15)16)11(10)7-9/h3-4,7,14H,5-6,8H2,1-2H3,(H,15,16). The minimum Gasteiger partial charge on any atom is -0.481 e. The quantitative estimate of drug-likeness (QED) is 0.815. The van der Waals surface area contributed by atoms with Gasteiger partial charge in [0.15, 0.2) is 0 Å². The van der Waals surface area contributed by atoms with Crippen LogP contribution < -0.4 is 5.32 Å². The molecule has 2 rings (SSSR count). The maximum Gasteiger partial charge on any atom is 0.305 e. The van der Waals surface area contributed by atoms with Gasteiger partial charge in [-0.2, -0.15) is 0 Å². The Morgan fingerprint density at radius 1 is 1.56 bits per heavy atom. The van der Waals surface area contributed by atoms with E-state index in [-0.39, 0.29) is 12.0 Å². The van der Waals surface area contributed by atoms with Crippen LogP contribution in [0.4, 0.5) is 0 Å². The molecule has 1 aromatic carbocycles. The summed E-state index contributed by atoms with van der Waals surface area (Å²) in [5.74, 6) is -0.747. The van der Waals surface area contributed by atoms with Crippen molar-refractivity contribution in [3.8, 4) is 0 Å². The van der Waals surface area contributed by atoms with Gasteiger partial charge in [0.2, 0.25) is 0 Å². The Morgan fingerprint density at radius 2 is 2.31 bits per heavy atom. The van der Waals surface area contributed by atoms with E-state index in [0.717, 1.165) is 18.4 Å². The second kappa shape index (κ2) is 3.91. The van der Waals surface area contributed by atoms with Crippen LogP contribution in [-0.4, -0.2) is 18.1 Å². The molecule has 16 heavy (non-hydrogen) atoms. The monoisotopic (exact) mass is 219 g/mol. The molecule has 0 fully saturated rings. The summed E-state index contributed by atoms with van der Waals surface area (Å²) in [7, 11) is 1.85. The number of fused-ring (bicyclic) bond motifs is 1. The van der Waals surface area contributed by atoms with Gasteiger partial charge in [0.25, 0.3) is 0 Å². The summed E-state index contributed by atoms with van der Waals surface area (Å²) in [6, 6.07) is 6.32. The van der Waals surface area contributed by atoms with Gasteiger partial charge in [-0.05, 0) is 37.9 Å². The Balaban J connectivity index is 2.45. The molecule has 2 N–H and O–H groups in total. The van der Waals surface area contributed by atoms with Crippen LogP contribution in [0.3, 0.4) is 0 Å². The van der Waals surface area contributed by atoms with Crippen LogP contribution in [0.5, 0.6) is 0 Å². The van der Waals surface area contributed by atoms with E-state index in [0.29, 0.717) is 0 Å². The summed E-state index contributed by atoms with van der Waals surface area (Å²) >= 11 is 0. The van der Waals surface area contributed by atoms with Gasteiger partial charge in [-0.25, -0.2) is 0 Å². The highest BCUT2D eigenvalue weighted by Gasteiger charge is 2.39. The van der Waals surface area contributed by atoms with Gasteiger partial charge < -0.3 is 10.4 Å². The zero-order valence-electron chi connectivity index (χ0n) is 9.71. The maximum absolute atomic E-state index is 11.0. The van der Waals surface area contributed by atoms with Gasteiger partial charge in [-0.3, -0.25) is 4.79 Å². The minimum absolute atomic E-state index is 0.153. The first kappa shape index (κ1) is 11.1. The van der Waals surface area contributed by atoms with Gasteiger partial charge >= 0.3 is 5.97 Å². The predicted molar refractivity (Wildman–Crippen MR) is 62.5 cm³/mol. The molecule has 86 valence electrons. The number of benzene rings is 1. The van der Waals surface area contributed by atoms with Crippen molar-refractivity contribution >= 4 is 5.97 Å². The molecule has 0 saturated carbocycles. The Morgan fingerprint density at radius 3 is 2.94 bits per heavy atom. The molecule has 0 aliphatic heterocycles. The van der Waals surface area contributed by atoms with Crippen LogP contribution >= 0.6 is 0 Å². The zero-order valence-corrected chi connectivity index (χ0v) is 9.71. The van der Waals surface area contributed by atoms with E-state index in [1.807, 2.05) is 14.0 Å². The molecule has 0 radical (unpaired) electrons. The highest BCUT2D eigenvalue weighted by atomic mass is 16.4. The molecule has 3 nitrogen and oxygen atoms in total. The van der Waals surface area contributed by atoms with E-state index in [9.17, 15) is 4.79 Å². The van der Waals surface area contributed by atoms with E-state index in [1.165, 1.54) is 11.1 Å². The zero-order chi connectivity index (χ0) is 11.8. The SMILES string of the molecule is CNC1(CC(=O)O)CCc2ccc(C)cc21. The first-order valence-electron chi connectivity index (χ1n) is 5.58. The van der Waals surface area contributed by atoms with Crippen molar-refractivity contribution in [2.75, 3.05) is 7.05 Å². The van der Waals surface area contributed by atoms with Crippen molar-refractivity contribution in [3.63, 3.8) is 0 Å². The van der Waals surface area contributed by atoms with Crippen LogP contribution in [0, 0.1) is 6.92 Å². The molecule has 3 heteroatoms. The summed E-state index contributed by atoms with van der Waals surface area (Å²) in [4.78, 5) is 11.0. The molecule has 1 unspecified atom stereocenters. The van der Waals surface area contributed by atoms with E-state index in [2.05, 4.69) is 23.5 Å². The van der Waals surface area contributed by atoms with E-state index in [1.54, 1.807) is 0 Å². The number of carboxylic acid groups (broad SMARTS) is 1. The van der Waals surface area contributed by atoms with Crippen LogP contribution in [0.25, 0.3) is 0 Å². The molecular formula is C13H17NO2. The molecule has 0 heterocycles. The lowest BCUT2D eigenvalue weighted by Crippen LogP contribution is -2.40. The van der Waals surface area contributed by atoms with Crippen LogP contribution in [0.15, 0.2) is 18.2 Å². The number of hydrogen-bond donors (Lipinski definition) is 2. The fourth-order valence-electron chi connectivity index (χ4n) is 2.63.